The minimum absolute atomic E-state index is 0.214. The summed E-state index contributed by atoms with van der Waals surface area (Å²) in [5.74, 6) is 1.61. The van der Waals surface area contributed by atoms with Crippen molar-refractivity contribution in [2.24, 2.45) is 0 Å². The molecule has 3 heterocycles. The molecule has 0 radical (unpaired) electrons. The number of carbonyl (C=O) groups is 1. The highest BCUT2D eigenvalue weighted by Gasteiger charge is 2.13. The molecule has 1 aromatic carbocycles. The van der Waals surface area contributed by atoms with Gasteiger partial charge in [0, 0.05) is 24.8 Å². The van der Waals surface area contributed by atoms with E-state index in [2.05, 4.69) is 51.4 Å². The third kappa shape index (κ3) is 4.45. The minimum atomic E-state index is -0.214. The number of carbonyl (C=O) groups excluding carboxylic acids is 1. The predicted octanol–water partition coefficient (Wildman–Crippen LogP) is 3.89. The monoisotopic (exact) mass is 389 g/mol. The second kappa shape index (κ2) is 8.60. The Morgan fingerprint density at radius 2 is 1.97 bits per heavy atom. The molecule has 4 rings (SSSR count). The summed E-state index contributed by atoms with van der Waals surface area (Å²) in [7, 11) is 0. The van der Waals surface area contributed by atoms with E-state index in [1.54, 1.807) is 18.5 Å². The van der Waals surface area contributed by atoms with E-state index < -0.39 is 0 Å². The Hall–Kier alpha value is -3.61. The molecule has 0 bridgehead atoms. The van der Waals surface area contributed by atoms with Gasteiger partial charge in [0.2, 0.25) is 0 Å². The minimum Gasteiger partial charge on any atom is -0.467 e. The number of benzene rings is 1. The lowest BCUT2D eigenvalue weighted by atomic mass is 10.1. The summed E-state index contributed by atoms with van der Waals surface area (Å²) in [4.78, 5) is 21.2. The van der Waals surface area contributed by atoms with Crippen molar-refractivity contribution >= 4 is 17.2 Å². The molecule has 0 fully saturated rings. The molecular weight excluding hydrogens is 366 g/mol. The quantitative estimate of drug-likeness (QED) is 0.470. The Bertz CT molecular complexity index is 1080. The number of hydrogen-bond donors (Lipinski definition) is 2. The highest BCUT2D eigenvalue weighted by atomic mass is 16.3. The van der Waals surface area contributed by atoms with Crippen LogP contribution in [0.15, 0.2) is 65.4 Å². The van der Waals surface area contributed by atoms with Crippen molar-refractivity contribution < 1.29 is 9.21 Å². The van der Waals surface area contributed by atoms with Crippen LogP contribution >= 0.6 is 0 Å². The highest BCUT2D eigenvalue weighted by Crippen LogP contribution is 2.24. The van der Waals surface area contributed by atoms with Crippen LogP contribution in [0, 0.1) is 6.92 Å². The van der Waals surface area contributed by atoms with Crippen molar-refractivity contribution in [1.82, 2.24) is 25.2 Å². The summed E-state index contributed by atoms with van der Waals surface area (Å²) in [6, 6.07) is 15.6. The molecule has 2 amide bonds. The second-order valence-electron chi connectivity index (χ2n) is 6.84. The van der Waals surface area contributed by atoms with Gasteiger partial charge in [-0.3, -0.25) is 0 Å². The van der Waals surface area contributed by atoms with Gasteiger partial charge in [-0.25, -0.2) is 14.8 Å². The van der Waals surface area contributed by atoms with E-state index in [0.717, 1.165) is 34.7 Å². The smallest absolute Gasteiger partial charge is 0.315 e. The van der Waals surface area contributed by atoms with Crippen LogP contribution < -0.4 is 10.6 Å². The van der Waals surface area contributed by atoms with Crippen LogP contribution in [-0.2, 0) is 13.1 Å². The van der Waals surface area contributed by atoms with E-state index in [1.165, 1.54) is 5.56 Å². The summed E-state index contributed by atoms with van der Waals surface area (Å²) in [5.41, 5.74) is 3.98. The first kappa shape index (κ1) is 18.7. The maximum absolute atomic E-state index is 11.9. The van der Waals surface area contributed by atoms with Gasteiger partial charge in [0.05, 0.1) is 12.8 Å². The van der Waals surface area contributed by atoms with Crippen molar-refractivity contribution in [1.29, 1.82) is 0 Å². The van der Waals surface area contributed by atoms with E-state index in [1.807, 2.05) is 18.2 Å². The van der Waals surface area contributed by atoms with Gasteiger partial charge in [0.15, 0.2) is 5.65 Å². The number of aryl methyl sites for hydroxylation is 2. The number of amides is 2. The largest absolute Gasteiger partial charge is 0.467 e. The average Bonchev–Trinajstić information content (AvgIpc) is 3.38. The van der Waals surface area contributed by atoms with Gasteiger partial charge in [0.1, 0.15) is 17.1 Å². The van der Waals surface area contributed by atoms with E-state index in [-0.39, 0.29) is 6.03 Å². The number of nitrogens with one attached hydrogen (secondary N) is 2. The Labute approximate surface area is 168 Å². The number of aromatic nitrogens is 3. The van der Waals surface area contributed by atoms with Gasteiger partial charge in [-0.05, 0) is 37.6 Å². The number of hydrogen-bond acceptors (Lipinski definition) is 4. The van der Waals surface area contributed by atoms with Gasteiger partial charge < -0.3 is 19.6 Å². The first-order chi connectivity index (χ1) is 14.2. The van der Waals surface area contributed by atoms with Crippen molar-refractivity contribution in [2.75, 3.05) is 6.54 Å². The number of urea groups is 1. The number of fused-ring (bicyclic) bond motifs is 1. The Kier molecular flexibility index (Phi) is 5.56. The van der Waals surface area contributed by atoms with E-state index in [0.29, 0.717) is 19.6 Å². The number of furan rings is 1. The van der Waals surface area contributed by atoms with Gasteiger partial charge in [-0.15, -0.1) is 0 Å². The molecule has 0 spiro atoms. The first-order valence-corrected chi connectivity index (χ1v) is 9.63. The van der Waals surface area contributed by atoms with Crippen LogP contribution in [0.5, 0.6) is 0 Å². The highest BCUT2D eigenvalue weighted by molar-refractivity contribution is 5.77. The summed E-state index contributed by atoms with van der Waals surface area (Å²) < 4.78 is 7.32. The number of nitrogens with zero attached hydrogens (tertiary/aromatic N) is 3. The number of rotatable bonds is 7. The van der Waals surface area contributed by atoms with E-state index >= 15 is 0 Å². The SMILES string of the molecule is Cc1ccc(-c2nc3cccnc3n2CCCNC(=O)NCc2ccco2)cc1. The van der Waals surface area contributed by atoms with Crippen molar-refractivity contribution in [3.63, 3.8) is 0 Å². The van der Waals surface area contributed by atoms with Crippen molar-refractivity contribution in [2.45, 2.75) is 26.4 Å². The molecule has 4 aromatic rings. The second-order valence-corrected chi connectivity index (χ2v) is 6.84. The molecule has 0 saturated carbocycles. The zero-order valence-corrected chi connectivity index (χ0v) is 16.3. The zero-order chi connectivity index (χ0) is 20.1. The molecule has 0 aliphatic carbocycles. The van der Waals surface area contributed by atoms with Gasteiger partial charge in [-0.1, -0.05) is 29.8 Å². The fourth-order valence-corrected chi connectivity index (χ4v) is 3.18. The lowest BCUT2D eigenvalue weighted by Gasteiger charge is -2.10. The molecule has 0 saturated heterocycles. The normalized spacial score (nSPS) is 10.9. The Morgan fingerprint density at radius 1 is 1.10 bits per heavy atom. The predicted molar refractivity (Wildman–Crippen MR) is 111 cm³/mol. The molecule has 7 heteroatoms. The zero-order valence-electron chi connectivity index (χ0n) is 16.3. The van der Waals surface area contributed by atoms with Crippen molar-refractivity contribution in [3.8, 4) is 11.4 Å². The molecule has 0 aliphatic rings. The summed E-state index contributed by atoms with van der Waals surface area (Å²) >= 11 is 0. The molecule has 0 atom stereocenters. The molecule has 29 heavy (non-hydrogen) atoms. The molecule has 2 N–H and O–H groups in total. The molecule has 0 aliphatic heterocycles. The Balaban J connectivity index is 1.40. The summed E-state index contributed by atoms with van der Waals surface area (Å²) in [5, 5.41) is 5.65. The molecule has 0 unspecified atom stereocenters. The fourth-order valence-electron chi connectivity index (χ4n) is 3.18. The summed E-state index contributed by atoms with van der Waals surface area (Å²) in [6.07, 6.45) is 4.12. The fraction of sp³-hybridized carbons (Fsp3) is 0.227. The molecule has 3 aromatic heterocycles. The average molecular weight is 389 g/mol. The third-order valence-electron chi connectivity index (χ3n) is 4.66. The van der Waals surface area contributed by atoms with Gasteiger partial charge >= 0.3 is 6.03 Å². The topological polar surface area (TPSA) is 85.0 Å². The number of imidazole rings is 1. The maximum atomic E-state index is 11.9. The molecule has 7 nitrogen and oxygen atoms in total. The molecular formula is C22H23N5O2. The van der Waals surface area contributed by atoms with E-state index in [9.17, 15) is 4.79 Å². The van der Waals surface area contributed by atoms with Crippen LogP contribution in [0.2, 0.25) is 0 Å². The molecule has 148 valence electrons. The van der Waals surface area contributed by atoms with Crippen LogP contribution in [0.3, 0.4) is 0 Å². The van der Waals surface area contributed by atoms with Gasteiger partial charge in [0.25, 0.3) is 0 Å². The maximum Gasteiger partial charge on any atom is 0.315 e. The number of pyridine rings is 1. The standard InChI is InChI=1S/C22H23N5O2/c1-16-7-9-17(10-8-16)20-26-19-6-2-11-23-21(19)27(20)13-4-12-24-22(28)25-15-18-5-3-14-29-18/h2-3,5-11,14H,4,12-13,15H2,1H3,(H2,24,25,28). The van der Waals surface area contributed by atoms with Crippen LogP contribution in [0.25, 0.3) is 22.6 Å². The Morgan fingerprint density at radius 3 is 2.76 bits per heavy atom. The van der Waals surface area contributed by atoms with Crippen LogP contribution in [-0.4, -0.2) is 27.1 Å². The van der Waals surface area contributed by atoms with Crippen LogP contribution in [0.4, 0.5) is 4.79 Å². The van der Waals surface area contributed by atoms with E-state index in [4.69, 9.17) is 9.40 Å². The van der Waals surface area contributed by atoms with Crippen molar-refractivity contribution in [3.05, 3.63) is 72.3 Å². The first-order valence-electron chi connectivity index (χ1n) is 9.63. The van der Waals surface area contributed by atoms with Gasteiger partial charge in [-0.2, -0.15) is 0 Å². The lowest BCUT2D eigenvalue weighted by molar-refractivity contribution is 0.239. The third-order valence-corrected chi connectivity index (χ3v) is 4.66. The summed E-state index contributed by atoms with van der Waals surface area (Å²) in [6.45, 7) is 3.68. The lowest BCUT2D eigenvalue weighted by Crippen LogP contribution is -2.35. The van der Waals surface area contributed by atoms with Crippen LogP contribution in [0.1, 0.15) is 17.7 Å².